The van der Waals surface area contributed by atoms with Gasteiger partial charge in [0.05, 0.1) is 29.5 Å². The molecule has 1 N–H and O–H groups in total. The number of aryl methyl sites for hydroxylation is 1. The van der Waals surface area contributed by atoms with E-state index in [0.717, 1.165) is 29.5 Å². The molecule has 10 heteroatoms. The number of fused-ring (bicyclic) bond motifs is 2. The number of aromatic amines is 1. The predicted octanol–water partition coefficient (Wildman–Crippen LogP) is 1.55. The van der Waals surface area contributed by atoms with Crippen LogP contribution in [0.25, 0.3) is 28.1 Å². The van der Waals surface area contributed by atoms with Crippen LogP contribution in [0.4, 0.5) is 0 Å². The summed E-state index contributed by atoms with van der Waals surface area (Å²) in [6.07, 6.45) is 6.86. The van der Waals surface area contributed by atoms with Gasteiger partial charge in [-0.15, -0.1) is 0 Å². The topological polar surface area (TPSA) is 110 Å². The Kier molecular flexibility index (Phi) is 4.78. The molecule has 5 rings (SSSR count). The van der Waals surface area contributed by atoms with Crippen molar-refractivity contribution in [3.63, 3.8) is 0 Å². The lowest BCUT2D eigenvalue weighted by Crippen LogP contribution is -2.43. The zero-order valence-corrected chi connectivity index (χ0v) is 17.4. The minimum absolute atomic E-state index is 0.0377. The Balaban J connectivity index is 1.57. The number of amides is 1. The van der Waals surface area contributed by atoms with Crippen LogP contribution in [-0.4, -0.2) is 66.7 Å². The number of aromatic nitrogens is 6. The van der Waals surface area contributed by atoms with Crippen LogP contribution in [0.15, 0.2) is 35.5 Å². The van der Waals surface area contributed by atoms with Gasteiger partial charge in [0.2, 0.25) is 5.91 Å². The van der Waals surface area contributed by atoms with Gasteiger partial charge in [-0.25, -0.2) is 19.3 Å². The number of hydrogen-bond donors (Lipinski definition) is 1. The second-order valence-corrected chi connectivity index (χ2v) is 7.89. The van der Waals surface area contributed by atoms with E-state index in [-0.39, 0.29) is 24.2 Å². The normalized spacial score (nSPS) is 17.0. The van der Waals surface area contributed by atoms with Crippen LogP contribution in [0.2, 0.25) is 0 Å². The second kappa shape index (κ2) is 7.62. The van der Waals surface area contributed by atoms with Crippen LogP contribution in [0.1, 0.15) is 24.4 Å². The van der Waals surface area contributed by atoms with Gasteiger partial charge in [0.1, 0.15) is 12.1 Å². The average molecular weight is 421 g/mol. The summed E-state index contributed by atoms with van der Waals surface area (Å²) < 4.78 is 8.42. The highest BCUT2D eigenvalue weighted by molar-refractivity contribution is 5.80. The highest BCUT2D eigenvalue weighted by atomic mass is 16.5. The fourth-order valence-corrected chi connectivity index (χ4v) is 4.25. The number of ether oxygens (including phenoxy) is 1. The van der Waals surface area contributed by atoms with Gasteiger partial charge < -0.3 is 14.6 Å². The minimum Gasteiger partial charge on any atom is -0.375 e. The zero-order chi connectivity index (χ0) is 21.5. The Labute approximate surface area is 177 Å². The van der Waals surface area contributed by atoms with Gasteiger partial charge in [0.25, 0.3) is 0 Å². The fourth-order valence-electron chi connectivity index (χ4n) is 4.25. The van der Waals surface area contributed by atoms with E-state index in [1.165, 1.54) is 7.11 Å². The second-order valence-electron chi connectivity index (χ2n) is 7.89. The van der Waals surface area contributed by atoms with Gasteiger partial charge >= 0.3 is 5.69 Å². The van der Waals surface area contributed by atoms with Gasteiger partial charge in [-0.3, -0.25) is 9.36 Å². The molecule has 1 fully saturated rings. The standard InChI is InChI=1S/C21H23N7O3/c1-13-5-7-27-17(8-13)15(9-23-27)19-22-10-16-20(25-19)28(21(30)24-16)14-4-3-6-26(11-14)18(29)12-31-2/h5,7-10,14H,3-4,6,11-12H2,1-2H3,(H,24,30)/t14-/m0/s1. The Morgan fingerprint density at radius 3 is 3.06 bits per heavy atom. The molecule has 0 aliphatic carbocycles. The van der Waals surface area contributed by atoms with Crippen LogP contribution in [-0.2, 0) is 9.53 Å². The maximum absolute atomic E-state index is 12.8. The molecule has 4 aromatic heterocycles. The first-order chi connectivity index (χ1) is 15.0. The van der Waals surface area contributed by atoms with Crippen LogP contribution in [0.3, 0.4) is 0 Å². The molecule has 0 saturated carbocycles. The van der Waals surface area contributed by atoms with Crippen molar-refractivity contribution in [1.29, 1.82) is 0 Å². The van der Waals surface area contributed by atoms with Gasteiger partial charge in [-0.1, -0.05) is 0 Å². The van der Waals surface area contributed by atoms with Crippen LogP contribution >= 0.6 is 0 Å². The Hall–Kier alpha value is -3.53. The molecule has 1 amide bonds. The van der Waals surface area contributed by atoms with Crippen molar-refractivity contribution in [2.24, 2.45) is 0 Å². The molecule has 5 heterocycles. The van der Waals surface area contributed by atoms with Crippen molar-refractivity contribution in [3.05, 3.63) is 46.8 Å². The monoisotopic (exact) mass is 421 g/mol. The smallest absolute Gasteiger partial charge is 0.328 e. The quantitative estimate of drug-likeness (QED) is 0.535. The summed E-state index contributed by atoms with van der Waals surface area (Å²) in [4.78, 5) is 38.9. The number of H-pyrrole nitrogens is 1. The number of carbonyl (C=O) groups excluding carboxylic acids is 1. The molecule has 0 aromatic carbocycles. The third-order valence-electron chi connectivity index (χ3n) is 5.76. The molecule has 4 aromatic rings. The molecule has 1 atom stereocenters. The number of piperidine rings is 1. The average Bonchev–Trinajstić information content (AvgIpc) is 3.33. The summed E-state index contributed by atoms with van der Waals surface area (Å²) in [5.74, 6) is 0.432. The lowest BCUT2D eigenvalue weighted by atomic mass is 10.1. The molecule has 1 aliphatic rings. The van der Waals surface area contributed by atoms with E-state index in [2.05, 4.69) is 15.1 Å². The van der Waals surface area contributed by atoms with Gasteiger partial charge in [0, 0.05) is 26.4 Å². The van der Waals surface area contributed by atoms with E-state index in [1.54, 1.807) is 26.4 Å². The SMILES string of the molecule is COCC(=O)N1CCC[C@H](n2c(=O)[nH]c3cnc(-c4cnn5ccc(C)cc45)nc32)C1. The largest absolute Gasteiger partial charge is 0.375 e. The Morgan fingerprint density at radius 2 is 2.23 bits per heavy atom. The lowest BCUT2D eigenvalue weighted by Gasteiger charge is -2.33. The highest BCUT2D eigenvalue weighted by Gasteiger charge is 2.27. The maximum Gasteiger partial charge on any atom is 0.328 e. The van der Waals surface area contributed by atoms with Crippen LogP contribution in [0.5, 0.6) is 0 Å². The number of carbonyl (C=O) groups is 1. The Bertz CT molecular complexity index is 1340. The fraction of sp³-hybridized carbons (Fsp3) is 0.381. The number of nitrogens with zero attached hydrogens (tertiary/aromatic N) is 6. The first kappa shape index (κ1) is 19.4. The number of imidazole rings is 1. The molecule has 0 unspecified atom stereocenters. The molecule has 0 bridgehead atoms. The molecule has 0 spiro atoms. The van der Waals surface area contributed by atoms with Crippen molar-refractivity contribution in [2.45, 2.75) is 25.8 Å². The first-order valence-electron chi connectivity index (χ1n) is 10.2. The van der Waals surface area contributed by atoms with Crippen molar-refractivity contribution in [1.82, 2.24) is 34.0 Å². The van der Waals surface area contributed by atoms with Crippen molar-refractivity contribution in [3.8, 4) is 11.4 Å². The summed E-state index contributed by atoms with van der Waals surface area (Å²) in [5, 5.41) is 4.38. The van der Waals surface area contributed by atoms with Crippen LogP contribution < -0.4 is 5.69 Å². The molecule has 10 nitrogen and oxygen atoms in total. The first-order valence-corrected chi connectivity index (χ1v) is 10.2. The maximum atomic E-state index is 12.8. The van der Waals surface area contributed by atoms with Crippen molar-refractivity contribution < 1.29 is 9.53 Å². The number of likely N-dealkylation sites (tertiary alicyclic amines) is 1. The van der Waals surface area contributed by atoms with Crippen molar-refractivity contribution >= 4 is 22.6 Å². The summed E-state index contributed by atoms with van der Waals surface area (Å²) >= 11 is 0. The van der Waals surface area contributed by atoms with Gasteiger partial charge in [0.15, 0.2) is 11.5 Å². The molecule has 160 valence electrons. The lowest BCUT2D eigenvalue weighted by molar-refractivity contribution is -0.136. The predicted molar refractivity (Wildman–Crippen MR) is 114 cm³/mol. The molecule has 1 saturated heterocycles. The van der Waals surface area contributed by atoms with E-state index < -0.39 is 0 Å². The van der Waals surface area contributed by atoms with Gasteiger partial charge in [-0.2, -0.15) is 5.10 Å². The molecule has 31 heavy (non-hydrogen) atoms. The minimum atomic E-state index is -0.247. The highest BCUT2D eigenvalue weighted by Crippen LogP contribution is 2.26. The Morgan fingerprint density at radius 1 is 1.35 bits per heavy atom. The number of methoxy groups -OCH3 is 1. The van der Waals surface area contributed by atoms with E-state index in [0.29, 0.717) is 30.1 Å². The number of pyridine rings is 1. The third kappa shape index (κ3) is 3.38. The summed E-state index contributed by atoms with van der Waals surface area (Å²) in [7, 11) is 1.50. The third-order valence-corrected chi connectivity index (χ3v) is 5.76. The number of rotatable bonds is 4. The molecule has 1 aliphatic heterocycles. The number of hydrogen-bond acceptors (Lipinski definition) is 6. The summed E-state index contributed by atoms with van der Waals surface area (Å²) in [6.45, 7) is 3.17. The van der Waals surface area contributed by atoms with E-state index in [1.807, 2.05) is 25.3 Å². The summed E-state index contributed by atoms with van der Waals surface area (Å²) in [6, 6.07) is 3.85. The van der Waals surface area contributed by atoms with Gasteiger partial charge in [-0.05, 0) is 37.5 Å². The molecule has 0 radical (unpaired) electrons. The molecular formula is C21H23N7O3. The number of nitrogens with one attached hydrogen (secondary N) is 1. The zero-order valence-electron chi connectivity index (χ0n) is 17.4. The molecular weight excluding hydrogens is 398 g/mol. The van der Waals surface area contributed by atoms with E-state index in [9.17, 15) is 9.59 Å². The van der Waals surface area contributed by atoms with E-state index in [4.69, 9.17) is 9.72 Å². The summed E-state index contributed by atoms with van der Waals surface area (Å²) in [5.41, 5.74) is 3.67. The van der Waals surface area contributed by atoms with Crippen LogP contribution in [0, 0.1) is 6.92 Å². The van der Waals surface area contributed by atoms with E-state index >= 15 is 0 Å². The van der Waals surface area contributed by atoms with Crippen molar-refractivity contribution in [2.75, 3.05) is 26.8 Å².